The van der Waals surface area contributed by atoms with Gasteiger partial charge < -0.3 is 10.6 Å². The van der Waals surface area contributed by atoms with E-state index >= 15 is 0 Å². The van der Waals surface area contributed by atoms with Gasteiger partial charge in [0.15, 0.2) is 0 Å². The van der Waals surface area contributed by atoms with Crippen LogP contribution in [0.2, 0.25) is 5.02 Å². The molecule has 2 aromatic carbocycles. The largest absolute Gasteiger partial charge is 0.380 e. The van der Waals surface area contributed by atoms with Gasteiger partial charge in [0.25, 0.3) is 0 Å². The number of pyridine rings is 1. The summed E-state index contributed by atoms with van der Waals surface area (Å²) in [7, 11) is 0. The van der Waals surface area contributed by atoms with Crippen molar-refractivity contribution in [1.82, 2.24) is 20.0 Å². The number of halogens is 2. The molecule has 3 saturated carbocycles. The maximum Gasteiger partial charge on any atom is 0.123 e. The Morgan fingerprint density at radius 1 is 1.16 bits per heavy atom. The van der Waals surface area contributed by atoms with Gasteiger partial charge in [0.1, 0.15) is 17.6 Å². The molecule has 2 heterocycles. The molecule has 2 aromatic heterocycles. The van der Waals surface area contributed by atoms with Crippen LogP contribution < -0.4 is 10.6 Å². The lowest BCUT2D eigenvalue weighted by molar-refractivity contribution is 0.610. The summed E-state index contributed by atoms with van der Waals surface area (Å²) in [5, 5.41) is 26.5. The van der Waals surface area contributed by atoms with E-state index in [1.807, 2.05) is 6.07 Å². The molecule has 37 heavy (non-hydrogen) atoms. The Hall–Kier alpha value is -3.70. The van der Waals surface area contributed by atoms with E-state index in [1.54, 1.807) is 35.3 Å². The minimum Gasteiger partial charge on any atom is -0.380 e. The van der Waals surface area contributed by atoms with E-state index < -0.39 is 6.02 Å². The van der Waals surface area contributed by atoms with Gasteiger partial charge in [-0.05, 0) is 67.3 Å². The molecule has 9 heteroatoms. The Balaban J connectivity index is 1.32. The lowest BCUT2D eigenvalue weighted by atomic mass is 10.0. The summed E-state index contributed by atoms with van der Waals surface area (Å²) in [6.45, 7) is 0. The molecule has 0 saturated heterocycles. The number of nitrogens with zero attached hydrogens (tertiary/aromatic N) is 5. The zero-order valence-corrected chi connectivity index (χ0v) is 20.7. The van der Waals surface area contributed by atoms with E-state index in [1.165, 1.54) is 31.4 Å². The minimum absolute atomic E-state index is 0.301. The molecule has 0 aliphatic heterocycles. The Morgan fingerprint density at radius 2 is 1.95 bits per heavy atom. The molecule has 0 amide bonds. The van der Waals surface area contributed by atoms with Crippen molar-refractivity contribution in [3.8, 4) is 6.07 Å². The monoisotopic (exact) mass is 514 g/mol. The second kappa shape index (κ2) is 8.70. The van der Waals surface area contributed by atoms with Gasteiger partial charge in [-0.2, -0.15) is 5.26 Å². The Bertz CT molecular complexity index is 1590. The van der Waals surface area contributed by atoms with Crippen LogP contribution in [-0.4, -0.2) is 26.0 Å². The maximum atomic E-state index is 13.8. The summed E-state index contributed by atoms with van der Waals surface area (Å²) in [6.07, 6.45) is 9.08. The topological polar surface area (TPSA) is 91.5 Å². The molecule has 0 radical (unpaired) electrons. The number of nitriles is 1. The van der Waals surface area contributed by atoms with Crippen molar-refractivity contribution in [3.63, 3.8) is 0 Å². The first-order chi connectivity index (χ1) is 18.4. The van der Waals surface area contributed by atoms with Gasteiger partial charge in [0.2, 0.25) is 0 Å². The molecule has 0 spiro atoms. The fourth-order valence-corrected chi connectivity index (χ4v) is 6.00. The van der Waals surface area contributed by atoms with Gasteiger partial charge in [-0.15, -0.1) is 5.10 Å². The maximum absolute atomic E-state index is 13.8. The number of benzene rings is 2. The lowest BCUT2D eigenvalue weighted by Gasteiger charge is -2.20. The molecule has 0 bridgehead atoms. The van der Waals surface area contributed by atoms with Crippen LogP contribution in [0.4, 0.5) is 15.8 Å². The number of aromatic nitrogens is 4. The summed E-state index contributed by atoms with van der Waals surface area (Å²) in [5.41, 5.74) is 3.21. The zero-order chi connectivity index (χ0) is 26.0. The van der Waals surface area contributed by atoms with E-state index in [9.17, 15) is 11.0 Å². The quantitative estimate of drug-likeness (QED) is 0.303. The Morgan fingerprint density at radius 3 is 2.68 bits per heavy atom. The van der Waals surface area contributed by atoms with E-state index in [0.717, 1.165) is 18.5 Å². The highest BCUT2D eigenvalue weighted by atomic mass is 35.5. The third-order valence-electron chi connectivity index (χ3n) is 7.85. The summed E-state index contributed by atoms with van der Waals surface area (Å²) in [4.78, 5) is 4.47. The molecule has 3 aliphatic carbocycles. The Kier molecular flexibility index (Phi) is 5.03. The molecule has 3 fully saturated rings. The molecular weight excluding hydrogens is 489 g/mol. The van der Waals surface area contributed by atoms with Crippen molar-refractivity contribution in [2.24, 2.45) is 11.8 Å². The smallest absolute Gasteiger partial charge is 0.123 e. The number of fused-ring (bicyclic) bond motifs is 2. The van der Waals surface area contributed by atoms with Crippen LogP contribution >= 0.6 is 11.6 Å². The molecule has 186 valence electrons. The van der Waals surface area contributed by atoms with E-state index in [4.69, 9.17) is 11.6 Å². The van der Waals surface area contributed by atoms with Crippen LogP contribution in [0.1, 0.15) is 62.4 Å². The van der Waals surface area contributed by atoms with E-state index in [-0.39, 0.29) is 5.82 Å². The van der Waals surface area contributed by atoms with Crippen molar-refractivity contribution in [2.75, 3.05) is 10.6 Å². The average Bonchev–Trinajstić information content (AvgIpc) is 3.73. The summed E-state index contributed by atoms with van der Waals surface area (Å²) < 4.78 is 25.1. The summed E-state index contributed by atoms with van der Waals surface area (Å²) in [6, 6.07) is 10.7. The molecule has 7 nitrogen and oxygen atoms in total. The van der Waals surface area contributed by atoms with Crippen LogP contribution in [0.5, 0.6) is 0 Å². The number of hydrogen-bond donors (Lipinski definition) is 2. The highest BCUT2D eigenvalue weighted by Gasteiger charge is 2.52. The van der Waals surface area contributed by atoms with Crippen molar-refractivity contribution in [2.45, 2.75) is 50.2 Å². The highest BCUT2D eigenvalue weighted by molar-refractivity contribution is 6.35. The van der Waals surface area contributed by atoms with Gasteiger partial charge >= 0.3 is 0 Å². The number of hydrogen-bond acceptors (Lipinski definition) is 6. The Labute approximate surface area is 220 Å². The van der Waals surface area contributed by atoms with Crippen molar-refractivity contribution in [3.05, 3.63) is 76.5 Å². The van der Waals surface area contributed by atoms with Crippen LogP contribution in [0, 0.1) is 29.0 Å². The predicted molar refractivity (Wildman–Crippen MR) is 140 cm³/mol. The van der Waals surface area contributed by atoms with Crippen molar-refractivity contribution < 1.29 is 5.76 Å². The van der Waals surface area contributed by atoms with Gasteiger partial charge in [0, 0.05) is 23.3 Å². The highest BCUT2D eigenvalue weighted by Crippen LogP contribution is 2.54. The number of anilines is 2. The molecule has 7 rings (SSSR count). The third kappa shape index (κ3) is 4.08. The second-order valence-corrected chi connectivity index (χ2v) is 10.7. The van der Waals surface area contributed by atoms with Gasteiger partial charge in [0.05, 0.1) is 41.4 Å². The van der Waals surface area contributed by atoms with Crippen LogP contribution in [-0.2, 0) is 0 Å². The molecule has 3 atom stereocenters. The number of rotatable bonds is 7. The molecule has 3 aliphatic rings. The minimum atomic E-state index is -1.57. The van der Waals surface area contributed by atoms with Crippen LogP contribution in [0.3, 0.4) is 0 Å². The normalized spacial score (nSPS) is 24.1. The van der Waals surface area contributed by atoms with Gasteiger partial charge in [-0.3, -0.25) is 4.98 Å². The van der Waals surface area contributed by atoms with Gasteiger partial charge in [-0.1, -0.05) is 35.4 Å². The van der Waals surface area contributed by atoms with Crippen molar-refractivity contribution in [1.29, 1.82) is 5.26 Å². The third-order valence-corrected chi connectivity index (χ3v) is 8.14. The van der Waals surface area contributed by atoms with Gasteiger partial charge in [-0.25, -0.2) is 9.07 Å². The lowest BCUT2D eigenvalue weighted by Crippen LogP contribution is -2.14. The predicted octanol–water partition coefficient (Wildman–Crippen LogP) is 6.24. The SMILES string of the molecule is [2H][C@](Nc1cc(Cl)c2ncc(C#N)c(NC3C4CCCC43)c2c1)(c1ccc(F)cc1)c1cn(C2CC2)nn1. The first kappa shape index (κ1) is 21.4. The first-order valence-corrected chi connectivity index (χ1v) is 13.1. The summed E-state index contributed by atoms with van der Waals surface area (Å²) in [5.74, 6) is 0.909. The standard InChI is InChI=1S/C28H25ClFN7/c29-23-11-18(10-22-25(16(12-31)13-32-28(22)23)34-27-20-2-1-3-21(20)27)33-26(15-4-6-17(30)7-5-15)24-14-37(36-35-24)19-8-9-19/h4-7,10-11,13-14,19-21,26-27,33H,1-3,8-9H2,(H,32,34)/t20?,21?,26-,27?/m0/s1/i26D. The molecule has 4 aromatic rings. The van der Waals surface area contributed by atoms with E-state index in [0.29, 0.717) is 62.4 Å². The summed E-state index contributed by atoms with van der Waals surface area (Å²) >= 11 is 6.72. The average molecular weight is 515 g/mol. The van der Waals surface area contributed by atoms with Crippen LogP contribution in [0.25, 0.3) is 10.9 Å². The van der Waals surface area contributed by atoms with Crippen LogP contribution in [0.15, 0.2) is 48.8 Å². The van der Waals surface area contributed by atoms with E-state index in [2.05, 4.69) is 32.0 Å². The van der Waals surface area contributed by atoms with Crippen molar-refractivity contribution >= 4 is 33.9 Å². The molecule has 2 N–H and O–H groups in total. The molecular formula is C28H25ClFN7. The first-order valence-electron chi connectivity index (χ1n) is 13.2. The molecule has 2 unspecified atom stereocenters. The zero-order valence-electron chi connectivity index (χ0n) is 21.0. The fourth-order valence-electron chi connectivity index (χ4n) is 5.73. The fraction of sp³-hybridized carbons (Fsp3) is 0.357. The second-order valence-electron chi connectivity index (χ2n) is 10.3. The number of nitrogens with one attached hydrogen (secondary N) is 2.